The third kappa shape index (κ3) is 2.78. The van der Waals surface area contributed by atoms with E-state index in [9.17, 15) is 0 Å². The lowest BCUT2D eigenvalue weighted by atomic mass is 9.77. The van der Waals surface area contributed by atoms with Crippen molar-refractivity contribution in [3.8, 4) is 0 Å². The molecule has 20 heavy (non-hydrogen) atoms. The molecule has 1 aromatic carbocycles. The van der Waals surface area contributed by atoms with Crippen LogP contribution in [0.3, 0.4) is 0 Å². The second-order valence-electron chi connectivity index (χ2n) is 5.39. The average molecular weight is 306 g/mol. The van der Waals surface area contributed by atoms with E-state index in [0.717, 1.165) is 16.8 Å². The number of hydrogen-bond acceptors (Lipinski definition) is 2. The van der Waals surface area contributed by atoms with Crippen LogP contribution in [-0.2, 0) is 0 Å². The molecule has 0 amide bonds. The van der Waals surface area contributed by atoms with Crippen molar-refractivity contribution in [2.24, 2.45) is 0 Å². The summed E-state index contributed by atoms with van der Waals surface area (Å²) in [5.41, 5.74) is 2.95. The smallest absolute Gasteiger partial charge is 0.0931 e. The largest absolute Gasteiger partial charge is 0.306 e. The summed E-state index contributed by atoms with van der Waals surface area (Å²) in [7, 11) is 0. The third-order valence-electron chi connectivity index (χ3n) is 4.14. The Morgan fingerprint density at radius 3 is 2.65 bits per heavy atom. The van der Waals surface area contributed by atoms with E-state index in [1.165, 1.54) is 35.3 Å². The lowest BCUT2D eigenvalue weighted by Gasteiger charge is -2.30. The number of thiophene rings is 1. The van der Waals surface area contributed by atoms with E-state index in [4.69, 9.17) is 11.6 Å². The highest BCUT2D eigenvalue weighted by Gasteiger charge is 2.25. The standard InChI is InChI=1S/C17H20ClNS/c1-2-19-17(15-10-11-16(18)20-15)14-9-4-3-8-13(14)12-6-5-7-12/h3-4,8-12,17,19H,2,5-7H2,1H3. The van der Waals surface area contributed by atoms with E-state index < -0.39 is 0 Å². The van der Waals surface area contributed by atoms with Gasteiger partial charge in [0.05, 0.1) is 10.4 Å². The summed E-state index contributed by atoms with van der Waals surface area (Å²) in [5, 5.41) is 3.62. The molecule has 1 atom stereocenters. The number of nitrogens with one attached hydrogen (secondary N) is 1. The number of rotatable bonds is 5. The summed E-state index contributed by atoms with van der Waals surface area (Å²) < 4.78 is 0.865. The van der Waals surface area contributed by atoms with Gasteiger partial charge in [0.2, 0.25) is 0 Å². The summed E-state index contributed by atoms with van der Waals surface area (Å²) in [6.07, 6.45) is 4.04. The Hall–Kier alpha value is -0.830. The molecule has 1 nitrogen and oxygen atoms in total. The lowest BCUT2D eigenvalue weighted by Crippen LogP contribution is -2.24. The first-order valence-corrected chi connectivity index (χ1v) is 8.56. The van der Waals surface area contributed by atoms with Crippen LogP contribution in [0, 0.1) is 0 Å². The first kappa shape index (κ1) is 14.1. The topological polar surface area (TPSA) is 12.0 Å². The molecular formula is C17H20ClNS. The highest BCUT2D eigenvalue weighted by Crippen LogP contribution is 2.41. The van der Waals surface area contributed by atoms with Gasteiger partial charge in [-0.3, -0.25) is 0 Å². The van der Waals surface area contributed by atoms with Gasteiger partial charge in [-0.05, 0) is 48.6 Å². The molecule has 3 rings (SSSR count). The van der Waals surface area contributed by atoms with E-state index >= 15 is 0 Å². The first-order valence-electron chi connectivity index (χ1n) is 7.37. The molecule has 1 N–H and O–H groups in total. The maximum absolute atomic E-state index is 6.12. The molecule has 1 unspecified atom stereocenters. The summed E-state index contributed by atoms with van der Waals surface area (Å²) in [4.78, 5) is 1.31. The van der Waals surface area contributed by atoms with Crippen molar-refractivity contribution >= 4 is 22.9 Å². The van der Waals surface area contributed by atoms with Crippen molar-refractivity contribution in [3.05, 3.63) is 56.7 Å². The normalized spacial score (nSPS) is 16.9. The SMILES string of the molecule is CCNC(c1ccc(Cl)s1)c1ccccc1C1CCC1. The zero-order valence-electron chi connectivity index (χ0n) is 11.7. The van der Waals surface area contributed by atoms with Crippen LogP contribution >= 0.6 is 22.9 Å². The Bertz CT molecular complexity index is 574. The number of hydrogen-bond donors (Lipinski definition) is 1. The maximum Gasteiger partial charge on any atom is 0.0931 e. The van der Waals surface area contributed by atoms with Gasteiger partial charge in [-0.1, -0.05) is 49.2 Å². The molecule has 1 aliphatic rings. The van der Waals surface area contributed by atoms with Crippen LogP contribution in [0.5, 0.6) is 0 Å². The van der Waals surface area contributed by atoms with E-state index in [1.807, 2.05) is 6.07 Å². The van der Waals surface area contributed by atoms with Crippen molar-refractivity contribution in [2.75, 3.05) is 6.54 Å². The molecule has 106 valence electrons. The number of benzene rings is 1. The monoisotopic (exact) mass is 305 g/mol. The van der Waals surface area contributed by atoms with Gasteiger partial charge < -0.3 is 5.32 Å². The molecule has 1 fully saturated rings. The highest BCUT2D eigenvalue weighted by atomic mass is 35.5. The zero-order valence-corrected chi connectivity index (χ0v) is 13.3. The van der Waals surface area contributed by atoms with Crippen LogP contribution in [0.1, 0.15) is 54.1 Å². The molecule has 0 radical (unpaired) electrons. The van der Waals surface area contributed by atoms with Crippen molar-refractivity contribution in [1.82, 2.24) is 5.32 Å². The quantitative estimate of drug-likeness (QED) is 0.783. The van der Waals surface area contributed by atoms with E-state index in [0.29, 0.717) is 0 Å². The van der Waals surface area contributed by atoms with E-state index in [-0.39, 0.29) is 6.04 Å². The second-order valence-corrected chi connectivity index (χ2v) is 7.14. The fraction of sp³-hybridized carbons (Fsp3) is 0.412. The van der Waals surface area contributed by atoms with Gasteiger partial charge in [-0.15, -0.1) is 11.3 Å². The molecule has 1 aromatic heterocycles. The van der Waals surface area contributed by atoms with Crippen LogP contribution in [0.4, 0.5) is 0 Å². The molecule has 2 aromatic rings. The van der Waals surface area contributed by atoms with Gasteiger partial charge >= 0.3 is 0 Å². The van der Waals surface area contributed by atoms with E-state index in [2.05, 4.69) is 42.6 Å². The summed E-state index contributed by atoms with van der Waals surface area (Å²) in [6, 6.07) is 13.3. The number of halogens is 1. The summed E-state index contributed by atoms with van der Waals surface area (Å²) in [6.45, 7) is 3.12. The van der Waals surface area contributed by atoms with Gasteiger partial charge in [0.25, 0.3) is 0 Å². The van der Waals surface area contributed by atoms with Gasteiger partial charge in [0, 0.05) is 4.88 Å². The summed E-state index contributed by atoms with van der Waals surface area (Å²) >= 11 is 7.80. The van der Waals surface area contributed by atoms with E-state index in [1.54, 1.807) is 11.3 Å². The maximum atomic E-state index is 6.12. The minimum atomic E-state index is 0.273. The van der Waals surface area contributed by atoms with Crippen LogP contribution in [0.2, 0.25) is 4.34 Å². The molecule has 1 saturated carbocycles. The van der Waals surface area contributed by atoms with Crippen molar-refractivity contribution in [3.63, 3.8) is 0 Å². The van der Waals surface area contributed by atoms with Crippen molar-refractivity contribution < 1.29 is 0 Å². The summed E-state index contributed by atoms with van der Waals surface area (Å²) in [5.74, 6) is 0.753. The first-order chi connectivity index (χ1) is 9.79. The molecule has 3 heteroatoms. The van der Waals surface area contributed by atoms with Gasteiger partial charge in [-0.2, -0.15) is 0 Å². The fourth-order valence-corrected chi connectivity index (χ4v) is 4.07. The zero-order chi connectivity index (χ0) is 13.9. The Kier molecular flexibility index (Phi) is 4.45. The average Bonchev–Trinajstić information content (AvgIpc) is 2.81. The van der Waals surface area contributed by atoms with Gasteiger partial charge in [0.15, 0.2) is 0 Å². The Morgan fingerprint density at radius 1 is 1.25 bits per heavy atom. The van der Waals surface area contributed by atoms with Crippen LogP contribution in [-0.4, -0.2) is 6.54 Å². The van der Waals surface area contributed by atoms with Gasteiger partial charge in [-0.25, -0.2) is 0 Å². The Morgan fingerprint density at radius 2 is 2.05 bits per heavy atom. The molecule has 1 aliphatic carbocycles. The molecule has 1 heterocycles. The molecule has 0 bridgehead atoms. The van der Waals surface area contributed by atoms with Gasteiger partial charge in [0.1, 0.15) is 0 Å². The highest BCUT2D eigenvalue weighted by molar-refractivity contribution is 7.16. The third-order valence-corrected chi connectivity index (χ3v) is 5.43. The predicted octanol–water partition coefficient (Wildman–Crippen LogP) is 5.37. The Labute approximate surface area is 130 Å². The van der Waals surface area contributed by atoms with Crippen LogP contribution in [0.15, 0.2) is 36.4 Å². The van der Waals surface area contributed by atoms with Crippen LogP contribution in [0.25, 0.3) is 0 Å². The minimum Gasteiger partial charge on any atom is -0.306 e. The predicted molar refractivity (Wildman–Crippen MR) is 87.9 cm³/mol. The molecule has 0 aliphatic heterocycles. The molecule has 0 saturated heterocycles. The second kappa shape index (κ2) is 6.30. The van der Waals surface area contributed by atoms with Crippen molar-refractivity contribution in [2.45, 2.75) is 38.1 Å². The lowest BCUT2D eigenvalue weighted by molar-refractivity contribution is 0.414. The molecule has 0 spiro atoms. The van der Waals surface area contributed by atoms with Crippen molar-refractivity contribution in [1.29, 1.82) is 0 Å². The minimum absolute atomic E-state index is 0.273. The molecular weight excluding hydrogens is 286 g/mol. The Balaban J connectivity index is 1.98. The van der Waals surface area contributed by atoms with Crippen LogP contribution < -0.4 is 5.32 Å². The fourth-order valence-electron chi connectivity index (χ4n) is 2.92.